The van der Waals surface area contributed by atoms with Crippen molar-refractivity contribution in [1.29, 1.82) is 0 Å². The van der Waals surface area contributed by atoms with Crippen LogP contribution in [-0.2, 0) is 0 Å². The van der Waals surface area contributed by atoms with E-state index >= 15 is 0 Å². The van der Waals surface area contributed by atoms with Gasteiger partial charge >= 0.3 is 6.18 Å². The van der Waals surface area contributed by atoms with Crippen molar-refractivity contribution in [3.8, 4) is 0 Å². The van der Waals surface area contributed by atoms with Crippen LogP contribution >= 0.6 is 0 Å². The monoisotopic (exact) mass is 220 g/mol. The average molecular weight is 220 g/mol. The molecule has 0 aromatic heterocycles. The molecule has 0 aromatic rings. The van der Waals surface area contributed by atoms with Crippen LogP contribution in [0.3, 0.4) is 0 Å². The van der Waals surface area contributed by atoms with Crippen molar-refractivity contribution in [3.63, 3.8) is 0 Å². The number of rotatable bonds is 6. The summed E-state index contributed by atoms with van der Waals surface area (Å²) in [6, 6.07) is 0. The maximum atomic E-state index is 11.7. The minimum atomic E-state index is -4.25. The van der Waals surface area contributed by atoms with Crippen molar-refractivity contribution in [2.24, 2.45) is 0 Å². The third kappa shape index (κ3) is 9.66. The molecule has 14 heavy (non-hydrogen) atoms. The molecule has 0 rings (SSSR count). The van der Waals surface area contributed by atoms with Crippen molar-refractivity contribution < 1.29 is 22.0 Å². The summed E-state index contributed by atoms with van der Waals surface area (Å²) < 4.78 is 58.3. The fraction of sp³-hybridized carbons (Fsp3) is 1.00. The van der Waals surface area contributed by atoms with Crippen LogP contribution in [0.2, 0.25) is 0 Å². The minimum absolute atomic E-state index is 0.0444. The van der Waals surface area contributed by atoms with Crippen molar-refractivity contribution in [1.82, 2.24) is 10.2 Å². The zero-order valence-electron chi connectivity index (χ0n) is 7.74. The summed E-state index contributed by atoms with van der Waals surface area (Å²) in [4.78, 5) is 1.27. The maximum absolute atomic E-state index is 11.7. The number of nitrogens with zero attached hydrogens (tertiary/aromatic N) is 1. The fourth-order valence-corrected chi connectivity index (χ4v) is 0.827. The van der Waals surface area contributed by atoms with Crippen LogP contribution in [0, 0.1) is 0 Å². The zero-order valence-corrected chi connectivity index (χ0v) is 7.74. The highest BCUT2D eigenvalue weighted by molar-refractivity contribution is 4.59. The molecule has 0 aliphatic rings. The van der Waals surface area contributed by atoms with Gasteiger partial charge in [0.25, 0.3) is 6.43 Å². The second kappa shape index (κ2) is 6.13. The molecular formula is C7H13F5N2. The van der Waals surface area contributed by atoms with Crippen LogP contribution in [0.25, 0.3) is 0 Å². The van der Waals surface area contributed by atoms with Crippen LogP contribution in [0.5, 0.6) is 0 Å². The van der Waals surface area contributed by atoms with E-state index in [4.69, 9.17) is 0 Å². The number of hydrogen-bond donors (Lipinski definition) is 1. The van der Waals surface area contributed by atoms with Gasteiger partial charge < -0.3 is 5.32 Å². The van der Waals surface area contributed by atoms with Gasteiger partial charge in [-0.15, -0.1) is 0 Å². The Bertz CT molecular complexity index is 148. The Labute approximate surface area is 79.1 Å². The molecule has 1 N–H and O–H groups in total. The van der Waals surface area contributed by atoms with Crippen LogP contribution in [0.4, 0.5) is 22.0 Å². The zero-order chi connectivity index (χ0) is 11.2. The SMILES string of the molecule is CN(CCNCC(F)(F)F)CC(F)F. The van der Waals surface area contributed by atoms with Crippen LogP contribution in [0.15, 0.2) is 0 Å². The lowest BCUT2D eigenvalue weighted by molar-refractivity contribution is -0.124. The molecule has 0 aromatic carbocycles. The summed E-state index contributed by atoms with van der Waals surface area (Å²) in [6.45, 7) is -1.30. The first-order valence-corrected chi connectivity index (χ1v) is 4.05. The summed E-state index contributed by atoms with van der Waals surface area (Å²) >= 11 is 0. The van der Waals surface area contributed by atoms with Gasteiger partial charge in [0.1, 0.15) is 0 Å². The van der Waals surface area contributed by atoms with E-state index in [0.717, 1.165) is 0 Å². The van der Waals surface area contributed by atoms with Crippen molar-refractivity contribution in [2.75, 3.05) is 33.2 Å². The molecule has 0 saturated carbocycles. The summed E-state index contributed by atoms with van der Waals surface area (Å²) in [5.74, 6) is 0. The predicted molar refractivity (Wildman–Crippen MR) is 42.4 cm³/mol. The molecule has 2 nitrogen and oxygen atoms in total. The normalized spacial score (nSPS) is 12.9. The summed E-state index contributed by atoms with van der Waals surface area (Å²) in [6.07, 6.45) is -6.70. The number of alkyl halides is 5. The Balaban J connectivity index is 3.36. The lowest BCUT2D eigenvalue weighted by Crippen LogP contribution is -2.36. The molecule has 7 heteroatoms. The molecule has 0 fully saturated rings. The van der Waals surface area contributed by atoms with E-state index in [2.05, 4.69) is 5.32 Å². The summed E-state index contributed by atoms with van der Waals surface area (Å²) in [5.41, 5.74) is 0. The van der Waals surface area contributed by atoms with E-state index in [1.807, 2.05) is 0 Å². The second-order valence-electron chi connectivity index (χ2n) is 2.95. The highest BCUT2D eigenvalue weighted by atomic mass is 19.4. The average Bonchev–Trinajstić information content (AvgIpc) is 1.95. The third-order valence-corrected chi connectivity index (χ3v) is 1.45. The number of halogens is 5. The van der Waals surface area contributed by atoms with Crippen molar-refractivity contribution in [3.05, 3.63) is 0 Å². The van der Waals surface area contributed by atoms with Crippen molar-refractivity contribution in [2.45, 2.75) is 12.6 Å². The molecule has 0 saturated heterocycles. The molecular weight excluding hydrogens is 207 g/mol. The lowest BCUT2D eigenvalue weighted by Gasteiger charge is -2.16. The second-order valence-corrected chi connectivity index (χ2v) is 2.95. The molecule has 0 aliphatic heterocycles. The van der Waals surface area contributed by atoms with Gasteiger partial charge in [-0.3, -0.25) is 4.90 Å². The highest BCUT2D eigenvalue weighted by Gasteiger charge is 2.25. The molecule has 0 heterocycles. The van der Waals surface area contributed by atoms with Crippen molar-refractivity contribution >= 4 is 0 Å². The van der Waals surface area contributed by atoms with Crippen LogP contribution in [0.1, 0.15) is 0 Å². The van der Waals surface area contributed by atoms with Gasteiger partial charge in [-0.2, -0.15) is 13.2 Å². The van der Waals surface area contributed by atoms with Gasteiger partial charge in [0.2, 0.25) is 0 Å². The van der Waals surface area contributed by atoms with E-state index in [0.29, 0.717) is 0 Å². The Hall–Kier alpha value is -0.430. The molecule has 0 bridgehead atoms. The van der Waals surface area contributed by atoms with Gasteiger partial charge in [0.05, 0.1) is 13.1 Å². The first kappa shape index (κ1) is 13.6. The Kier molecular flexibility index (Phi) is 5.94. The van der Waals surface area contributed by atoms with Gasteiger partial charge in [-0.25, -0.2) is 8.78 Å². The van der Waals surface area contributed by atoms with Crippen LogP contribution in [-0.4, -0.2) is 50.7 Å². The third-order valence-electron chi connectivity index (χ3n) is 1.45. The summed E-state index contributed by atoms with van der Waals surface area (Å²) in [5, 5.41) is 2.12. The molecule has 0 aliphatic carbocycles. The highest BCUT2D eigenvalue weighted by Crippen LogP contribution is 2.11. The Morgan fingerprint density at radius 1 is 1.29 bits per heavy atom. The Morgan fingerprint density at radius 3 is 2.29 bits per heavy atom. The van der Waals surface area contributed by atoms with E-state index < -0.39 is 25.7 Å². The fourth-order valence-electron chi connectivity index (χ4n) is 0.827. The Morgan fingerprint density at radius 2 is 1.86 bits per heavy atom. The quantitative estimate of drug-likeness (QED) is 0.536. The molecule has 0 unspecified atom stereocenters. The van der Waals surface area contributed by atoms with Gasteiger partial charge in [-0.05, 0) is 7.05 Å². The van der Waals surface area contributed by atoms with Crippen LogP contribution < -0.4 is 5.32 Å². The topological polar surface area (TPSA) is 15.3 Å². The largest absolute Gasteiger partial charge is 0.401 e. The standard InChI is InChI=1S/C7H13F5N2/c1-14(4-6(8)9)3-2-13-5-7(10,11)12/h6,13H,2-5H2,1H3. The maximum Gasteiger partial charge on any atom is 0.401 e. The molecule has 86 valence electrons. The molecule has 0 atom stereocenters. The van der Waals surface area contributed by atoms with Gasteiger partial charge in [0.15, 0.2) is 0 Å². The smallest absolute Gasteiger partial charge is 0.307 e. The number of hydrogen-bond acceptors (Lipinski definition) is 2. The van der Waals surface area contributed by atoms with E-state index in [1.165, 1.54) is 11.9 Å². The first-order chi connectivity index (χ1) is 6.31. The van der Waals surface area contributed by atoms with Gasteiger partial charge in [-0.1, -0.05) is 0 Å². The van der Waals surface area contributed by atoms with E-state index in [-0.39, 0.29) is 13.1 Å². The molecule has 0 radical (unpaired) electrons. The minimum Gasteiger partial charge on any atom is -0.307 e. The van der Waals surface area contributed by atoms with E-state index in [9.17, 15) is 22.0 Å². The van der Waals surface area contributed by atoms with E-state index in [1.54, 1.807) is 0 Å². The molecule has 0 amide bonds. The predicted octanol–water partition coefficient (Wildman–Crippen LogP) is 1.34. The number of nitrogens with one attached hydrogen (secondary N) is 1. The molecule has 0 spiro atoms. The van der Waals surface area contributed by atoms with Gasteiger partial charge in [0, 0.05) is 13.1 Å². The first-order valence-electron chi connectivity index (χ1n) is 4.05. The number of likely N-dealkylation sites (N-methyl/N-ethyl adjacent to an activating group) is 1. The summed E-state index contributed by atoms with van der Waals surface area (Å²) in [7, 11) is 1.43. The lowest BCUT2D eigenvalue weighted by atomic mass is 10.5.